The lowest BCUT2D eigenvalue weighted by Gasteiger charge is -1.99. The van der Waals surface area contributed by atoms with Gasteiger partial charge in [-0.3, -0.25) is 0 Å². The molecule has 0 atom stereocenters. The normalized spacial score (nSPS) is 11.3. The van der Waals surface area contributed by atoms with Gasteiger partial charge in [0.05, 0.1) is 11.3 Å². The van der Waals surface area contributed by atoms with Crippen LogP contribution in [0, 0.1) is 0 Å². The molecule has 1 aromatic carbocycles. The van der Waals surface area contributed by atoms with E-state index in [9.17, 15) is 4.79 Å². The van der Waals surface area contributed by atoms with Crippen molar-refractivity contribution in [3.05, 3.63) is 35.4 Å². The summed E-state index contributed by atoms with van der Waals surface area (Å²) < 4.78 is 0. The van der Waals surface area contributed by atoms with Crippen LogP contribution in [0.15, 0.2) is 29.4 Å². The van der Waals surface area contributed by atoms with E-state index in [0.29, 0.717) is 11.3 Å². The molecule has 1 rings (SSSR count). The van der Waals surface area contributed by atoms with Crippen molar-refractivity contribution >= 4 is 11.7 Å². The number of oxime groups is 1. The van der Waals surface area contributed by atoms with Gasteiger partial charge in [-0.2, -0.15) is 0 Å². The van der Waals surface area contributed by atoms with E-state index >= 15 is 0 Å². The molecule has 0 aliphatic carbocycles. The Hall–Kier alpha value is -1.84. The number of carboxylic acids is 1. The molecule has 0 saturated carbocycles. The molecule has 0 fully saturated rings. The van der Waals surface area contributed by atoms with Gasteiger partial charge in [-0.05, 0) is 24.6 Å². The van der Waals surface area contributed by atoms with E-state index in [2.05, 4.69) is 5.16 Å². The van der Waals surface area contributed by atoms with Gasteiger partial charge in [0.2, 0.25) is 0 Å². The van der Waals surface area contributed by atoms with Crippen LogP contribution in [-0.4, -0.2) is 22.0 Å². The van der Waals surface area contributed by atoms with Gasteiger partial charge in [-0.15, -0.1) is 0 Å². The van der Waals surface area contributed by atoms with Gasteiger partial charge in [0.25, 0.3) is 0 Å². The quantitative estimate of drug-likeness (QED) is 0.411. The van der Waals surface area contributed by atoms with Crippen molar-refractivity contribution in [3.63, 3.8) is 0 Å². The Kier molecular flexibility index (Phi) is 2.64. The SMILES string of the molecule is C/C(=N/O)c1cccc(C(=O)O)c1. The third-order valence-electron chi connectivity index (χ3n) is 1.68. The second-order valence-corrected chi connectivity index (χ2v) is 2.57. The largest absolute Gasteiger partial charge is 0.478 e. The lowest BCUT2D eigenvalue weighted by atomic mass is 10.1. The predicted molar refractivity (Wildman–Crippen MR) is 47.4 cm³/mol. The van der Waals surface area contributed by atoms with Crippen LogP contribution in [0.4, 0.5) is 0 Å². The highest BCUT2D eigenvalue weighted by Crippen LogP contribution is 2.06. The van der Waals surface area contributed by atoms with E-state index in [1.54, 1.807) is 19.1 Å². The molecule has 4 heteroatoms. The highest BCUT2D eigenvalue weighted by Gasteiger charge is 2.04. The fourth-order valence-electron chi connectivity index (χ4n) is 0.935. The van der Waals surface area contributed by atoms with Crippen LogP contribution in [0.2, 0.25) is 0 Å². The first-order valence-electron chi connectivity index (χ1n) is 3.67. The molecular formula is C9H9NO3. The van der Waals surface area contributed by atoms with Gasteiger partial charge in [0.15, 0.2) is 0 Å². The van der Waals surface area contributed by atoms with Crippen molar-refractivity contribution in [1.29, 1.82) is 0 Å². The average Bonchev–Trinajstić information content (AvgIpc) is 2.17. The second kappa shape index (κ2) is 3.71. The number of rotatable bonds is 2. The number of carbonyl (C=O) groups is 1. The van der Waals surface area contributed by atoms with E-state index in [1.165, 1.54) is 12.1 Å². The highest BCUT2D eigenvalue weighted by atomic mass is 16.4. The average molecular weight is 179 g/mol. The molecule has 13 heavy (non-hydrogen) atoms. The van der Waals surface area contributed by atoms with Crippen molar-refractivity contribution in [2.75, 3.05) is 0 Å². The molecule has 0 unspecified atom stereocenters. The molecule has 2 N–H and O–H groups in total. The lowest BCUT2D eigenvalue weighted by molar-refractivity contribution is 0.0697. The van der Waals surface area contributed by atoms with Crippen LogP contribution in [0.1, 0.15) is 22.8 Å². The lowest BCUT2D eigenvalue weighted by Crippen LogP contribution is -2.00. The van der Waals surface area contributed by atoms with E-state index in [4.69, 9.17) is 10.3 Å². The Morgan fingerprint density at radius 3 is 2.54 bits per heavy atom. The minimum Gasteiger partial charge on any atom is -0.478 e. The van der Waals surface area contributed by atoms with Crippen LogP contribution < -0.4 is 0 Å². The van der Waals surface area contributed by atoms with Gasteiger partial charge in [0, 0.05) is 0 Å². The second-order valence-electron chi connectivity index (χ2n) is 2.57. The zero-order chi connectivity index (χ0) is 9.84. The summed E-state index contributed by atoms with van der Waals surface area (Å²) in [6.45, 7) is 1.60. The Labute approximate surface area is 75.1 Å². The van der Waals surface area contributed by atoms with Gasteiger partial charge >= 0.3 is 5.97 Å². The van der Waals surface area contributed by atoms with Gasteiger partial charge < -0.3 is 10.3 Å². The fourth-order valence-corrected chi connectivity index (χ4v) is 0.935. The monoisotopic (exact) mass is 179 g/mol. The number of benzene rings is 1. The summed E-state index contributed by atoms with van der Waals surface area (Å²) in [5, 5.41) is 20.1. The zero-order valence-corrected chi connectivity index (χ0v) is 7.06. The van der Waals surface area contributed by atoms with E-state index < -0.39 is 5.97 Å². The van der Waals surface area contributed by atoms with Gasteiger partial charge in [-0.25, -0.2) is 4.79 Å². The van der Waals surface area contributed by atoms with Crippen molar-refractivity contribution in [1.82, 2.24) is 0 Å². The molecule has 0 aromatic heterocycles. The Morgan fingerprint density at radius 2 is 2.00 bits per heavy atom. The Morgan fingerprint density at radius 1 is 1.38 bits per heavy atom. The smallest absolute Gasteiger partial charge is 0.335 e. The Balaban J connectivity index is 3.13. The molecule has 4 nitrogen and oxygen atoms in total. The zero-order valence-electron chi connectivity index (χ0n) is 7.06. The Bertz CT molecular complexity index is 358. The minimum atomic E-state index is -0.993. The summed E-state index contributed by atoms with van der Waals surface area (Å²) in [6.07, 6.45) is 0. The summed E-state index contributed by atoms with van der Waals surface area (Å²) in [5.74, 6) is -0.993. The molecule has 1 aromatic rings. The molecule has 0 amide bonds. The molecular weight excluding hydrogens is 170 g/mol. The molecule has 0 bridgehead atoms. The predicted octanol–water partition coefficient (Wildman–Crippen LogP) is 1.58. The van der Waals surface area contributed by atoms with Crippen molar-refractivity contribution in [2.24, 2.45) is 5.16 Å². The standard InChI is InChI=1S/C9H9NO3/c1-6(10-13)7-3-2-4-8(5-7)9(11)12/h2-5,13H,1H3,(H,11,12)/b10-6-. The molecule has 0 aliphatic heterocycles. The third kappa shape index (κ3) is 2.05. The summed E-state index contributed by atoms with van der Waals surface area (Å²) in [7, 11) is 0. The first-order valence-corrected chi connectivity index (χ1v) is 3.67. The molecule has 0 radical (unpaired) electrons. The first kappa shape index (κ1) is 9.25. The number of nitrogens with zero attached hydrogens (tertiary/aromatic N) is 1. The molecule has 68 valence electrons. The van der Waals surface area contributed by atoms with Crippen molar-refractivity contribution in [2.45, 2.75) is 6.92 Å². The third-order valence-corrected chi connectivity index (χ3v) is 1.68. The number of hydrogen-bond donors (Lipinski definition) is 2. The van der Waals surface area contributed by atoms with E-state index in [1.807, 2.05) is 0 Å². The summed E-state index contributed by atoms with van der Waals surface area (Å²) in [6, 6.07) is 6.23. The van der Waals surface area contributed by atoms with Crippen molar-refractivity contribution in [3.8, 4) is 0 Å². The summed E-state index contributed by atoms with van der Waals surface area (Å²) >= 11 is 0. The summed E-state index contributed by atoms with van der Waals surface area (Å²) in [4.78, 5) is 10.6. The first-order chi connectivity index (χ1) is 6.15. The molecule has 0 spiro atoms. The highest BCUT2D eigenvalue weighted by molar-refractivity contribution is 6.00. The topological polar surface area (TPSA) is 69.9 Å². The van der Waals surface area contributed by atoms with Crippen molar-refractivity contribution < 1.29 is 15.1 Å². The van der Waals surface area contributed by atoms with Gasteiger partial charge in [0.1, 0.15) is 0 Å². The van der Waals surface area contributed by atoms with Crippen LogP contribution in [0.25, 0.3) is 0 Å². The molecule has 0 saturated heterocycles. The number of carboxylic acid groups (broad SMARTS) is 1. The maximum absolute atomic E-state index is 10.6. The van der Waals surface area contributed by atoms with Crippen LogP contribution in [0.3, 0.4) is 0 Å². The van der Waals surface area contributed by atoms with Crippen LogP contribution in [0.5, 0.6) is 0 Å². The molecule has 0 heterocycles. The molecule has 0 aliphatic rings. The van der Waals surface area contributed by atoms with Gasteiger partial charge in [-0.1, -0.05) is 17.3 Å². The maximum Gasteiger partial charge on any atom is 0.335 e. The van der Waals surface area contributed by atoms with Crippen LogP contribution in [-0.2, 0) is 0 Å². The summed E-state index contributed by atoms with van der Waals surface area (Å²) in [5.41, 5.74) is 1.17. The van der Waals surface area contributed by atoms with Crippen LogP contribution >= 0.6 is 0 Å². The fraction of sp³-hybridized carbons (Fsp3) is 0.111. The number of hydrogen-bond acceptors (Lipinski definition) is 3. The maximum atomic E-state index is 10.6. The number of aromatic carboxylic acids is 1. The van der Waals surface area contributed by atoms with E-state index in [-0.39, 0.29) is 5.56 Å². The minimum absolute atomic E-state index is 0.181. The van der Waals surface area contributed by atoms with E-state index in [0.717, 1.165) is 0 Å².